The number of fused-ring (bicyclic) bond motifs is 2. The molecule has 670 valence electrons. The van der Waals surface area contributed by atoms with Crippen molar-refractivity contribution < 1.29 is 93.4 Å². The molecule has 9 amide bonds. The predicted octanol–water partition coefficient (Wildman–Crippen LogP) is 8.81. The second-order valence-corrected chi connectivity index (χ2v) is 29.6. The van der Waals surface area contributed by atoms with Gasteiger partial charge in [-0.2, -0.15) is 0 Å². The van der Waals surface area contributed by atoms with E-state index in [2.05, 4.69) is 16.7 Å². The van der Waals surface area contributed by atoms with E-state index in [1.54, 1.807) is 48.8 Å². The Labute approximate surface area is 728 Å². The largest absolute Gasteiger partial charge is 0.459 e. The number of hydrogen-bond donors (Lipinski definition) is 12. The fourth-order valence-corrected chi connectivity index (χ4v) is 15.8. The van der Waals surface area contributed by atoms with Crippen molar-refractivity contribution in [2.24, 2.45) is 0 Å². The van der Waals surface area contributed by atoms with E-state index >= 15 is 0 Å². The average Bonchev–Trinajstić information content (AvgIpc) is 1.57. The lowest BCUT2D eigenvalue weighted by Crippen LogP contribution is -2.56. The van der Waals surface area contributed by atoms with Crippen LogP contribution in [0.25, 0.3) is 0 Å². The third-order valence-corrected chi connectivity index (χ3v) is 22.3. The lowest BCUT2D eigenvalue weighted by atomic mass is 9.85. The summed E-state index contributed by atoms with van der Waals surface area (Å²) in [7, 11) is 0. The van der Waals surface area contributed by atoms with E-state index in [-0.39, 0.29) is 91.2 Å². The van der Waals surface area contributed by atoms with E-state index in [4.69, 9.17) is 30.5 Å². The van der Waals surface area contributed by atoms with Crippen molar-refractivity contribution in [2.45, 2.75) is 64.1 Å². The molecule has 0 saturated carbocycles. The van der Waals surface area contributed by atoms with E-state index in [9.17, 15) is 88.9 Å². The first-order valence-electron chi connectivity index (χ1n) is 40.1. The van der Waals surface area contributed by atoms with Gasteiger partial charge >= 0.3 is 6.03 Å². The lowest BCUT2D eigenvalue weighted by molar-refractivity contribution is -0.384. The summed E-state index contributed by atoms with van der Waals surface area (Å²) in [4.78, 5) is 164. The molecule has 0 atom stereocenters. The van der Waals surface area contributed by atoms with Gasteiger partial charge in [0, 0.05) is 151 Å². The molecule has 6 aliphatic rings. The molecule has 4 fully saturated rings. The van der Waals surface area contributed by atoms with Crippen molar-refractivity contribution in [1.29, 1.82) is 0 Å². The first-order valence-corrected chi connectivity index (χ1v) is 40.1. The number of hydroxylamine groups is 5. The lowest BCUT2D eigenvalue weighted by Gasteiger charge is -2.44. The zero-order valence-corrected chi connectivity index (χ0v) is 68.8. The van der Waals surface area contributed by atoms with Gasteiger partial charge in [0.2, 0.25) is 5.91 Å². The number of carbonyl (C=O) groups excluding carboxylic acids is 8. The van der Waals surface area contributed by atoms with Crippen molar-refractivity contribution in [1.82, 2.24) is 47.8 Å². The van der Waals surface area contributed by atoms with Crippen molar-refractivity contribution in [3.05, 3.63) is 295 Å². The number of nitro benzene ring substituents is 5. The molecule has 0 radical (unpaired) electrons. The van der Waals surface area contributed by atoms with E-state index in [0.29, 0.717) is 135 Å². The molecular formula is C84H90N20O24. The minimum atomic E-state index is -0.825. The molecule has 9 aromatic rings. The molecule has 128 heavy (non-hydrogen) atoms. The Bertz CT molecular complexity index is 5600. The molecule has 12 N–H and O–H groups in total. The van der Waals surface area contributed by atoms with Gasteiger partial charge in [-0.15, -0.1) is 0 Å². The number of piperidine rings is 1. The first kappa shape index (κ1) is 92.9. The molecule has 1 spiro atoms. The summed E-state index contributed by atoms with van der Waals surface area (Å²) in [5.41, 5.74) is 13.1. The predicted molar refractivity (Wildman–Crippen MR) is 459 cm³/mol. The van der Waals surface area contributed by atoms with Crippen molar-refractivity contribution in [3.8, 4) is 0 Å². The number of hydrogen-bond acceptors (Lipinski definition) is 30. The van der Waals surface area contributed by atoms with Crippen LogP contribution in [-0.4, -0.2) is 205 Å². The highest BCUT2D eigenvalue weighted by molar-refractivity contribution is 6.03. The molecular weight excluding hydrogens is 1670 g/mol. The fourth-order valence-electron chi connectivity index (χ4n) is 15.8. The quantitative estimate of drug-likeness (QED) is 0.0147. The number of para-hydroxylation sites is 3. The maximum atomic E-state index is 12.8. The normalized spacial score (nSPS) is 14.7. The topological polar surface area (TPSA) is 577 Å². The van der Waals surface area contributed by atoms with Crippen LogP contribution >= 0.6 is 0 Å². The van der Waals surface area contributed by atoms with E-state index in [0.717, 1.165) is 54.6 Å². The van der Waals surface area contributed by atoms with Gasteiger partial charge in [0.05, 0.1) is 48.7 Å². The fraction of sp³-hybridized carbons (Fsp3) is 0.286. The maximum absolute atomic E-state index is 12.8. The summed E-state index contributed by atoms with van der Waals surface area (Å²) in [6.07, 6.45) is 5.76. The van der Waals surface area contributed by atoms with Crippen LogP contribution in [-0.2, 0) is 30.7 Å². The second kappa shape index (κ2) is 43.0. The van der Waals surface area contributed by atoms with Crippen molar-refractivity contribution in [3.63, 3.8) is 0 Å². The molecule has 1 aromatic heterocycles. The molecule has 4 saturated heterocycles. The molecule has 44 heteroatoms. The summed E-state index contributed by atoms with van der Waals surface area (Å²) in [5.74, 6) is -4.03. The van der Waals surface area contributed by atoms with Crippen molar-refractivity contribution >= 4 is 110 Å². The van der Waals surface area contributed by atoms with Gasteiger partial charge < -0.3 is 54.3 Å². The van der Waals surface area contributed by atoms with E-state index in [1.807, 2.05) is 99.3 Å². The Morgan fingerprint density at radius 2 is 0.828 bits per heavy atom. The Morgan fingerprint density at radius 1 is 0.422 bits per heavy atom. The van der Waals surface area contributed by atoms with Gasteiger partial charge in [-0.3, -0.25) is 110 Å². The zero-order valence-electron chi connectivity index (χ0n) is 68.8. The molecule has 0 aliphatic carbocycles. The third-order valence-electron chi connectivity index (χ3n) is 22.3. The molecule has 0 unspecified atom stereocenters. The SMILES string of the molecule is CCCCNC(=O)N1CCN(c2ccc(C(=O)NO)cc2[N+](=O)[O-])CC1.O=C(NO)c1ccc(N2CCN(C(=O)c3ccco3)CC2)c([N+](=O)[O-])c1.O=C(NO)c1ccc(N2CCc3ccccc3C2)c([N+](=O)[O-])c1.O=C(NO)c1cccc([N+](=O)[O-])c1N1CCC2(CC1)C(=O)NCN2c1ccccc1.O=C(NO)c1cccc([N+](=O)[O-])c1N1CCc2ccccc2C1. The van der Waals surface area contributed by atoms with Crippen molar-refractivity contribution in [2.75, 3.05) is 121 Å². The van der Waals surface area contributed by atoms with Crippen LogP contribution in [0.3, 0.4) is 0 Å². The van der Waals surface area contributed by atoms with Gasteiger partial charge in [-0.05, 0) is 127 Å². The number of anilines is 6. The number of benzene rings is 8. The number of rotatable bonds is 20. The van der Waals surface area contributed by atoms with Gasteiger partial charge in [0.25, 0.3) is 63.9 Å². The highest BCUT2D eigenvalue weighted by atomic mass is 16.6. The van der Waals surface area contributed by atoms with Crippen LogP contribution in [0, 0.1) is 50.6 Å². The summed E-state index contributed by atoms with van der Waals surface area (Å²) in [6.45, 7) is 9.44. The first-order chi connectivity index (χ1) is 61.7. The minimum absolute atomic E-state index is 0.00288. The second-order valence-electron chi connectivity index (χ2n) is 29.6. The van der Waals surface area contributed by atoms with Gasteiger partial charge in [0.1, 0.15) is 34.0 Å². The van der Waals surface area contributed by atoms with Crippen LogP contribution < -0.4 is 67.4 Å². The molecule has 8 aromatic carbocycles. The number of piperazine rings is 2. The van der Waals surface area contributed by atoms with Crippen LogP contribution in [0.5, 0.6) is 0 Å². The molecule has 7 heterocycles. The van der Waals surface area contributed by atoms with Crippen LogP contribution in [0.15, 0.2) is 193 Å². The Hall–Kier alpha value is -15.8. The zero-order chi connectivity index (χ0) is 91.9. The number of amides is 9. The maximum Gasteiger partial charge on any atom is 0.317 e. The minimum Gasteiger partial charge on any atom is -0.459 e. The third kappa shape index (κ3) is 21.7. The highest BCUT2D eigenvalue weighted by Gasteiger charge is 2.51. The standard InChI is InChI=1S/C20H21N5O5.C16H23N5O5.C16H16N4O6.2C16H15N3O4/c26-18(22-28)15-7-4-8-16(25(29)30)17(15)23-11-9-20(10-12-23)19(27)21-13-24(20)14-5-2-1-3-6-14;1-2-3-6-17-16(23)20-9-7-19(8-10-20)13-5-4-12(15(22)18-24)11-14(13)21(25)26;21-15(17-23)11-3-4-12(13(10-11)20(24)25)18-5-7-19(8-6-18)16(22)14-2-1-9-26-14;20-16(17-21)13-6-3-7-14(19(22)23)15(13)18-9-8-11-4-1-2-5-12(11)10-18;20-16(17-21)12-5-6-14(15(9-12)19(22)23)18-8-7-11-3-1-2-4-13(11)10-18/h1-8,28H,9-13H2,(H,21,27)(H,22,26);4-5,11,24H,2-3,6-10H2,1H3,(H,17,23)(H,18,22);1-4,9-10,23H,5-8H2,(H,17,21);1-7,21H,8-10H2,(H,17,20);1-6,9,21H,7-8,10H2,(H,17,20). The number of unbranched alkanes of at least 4 members (excludes halogenated alkanes) is 1. The number of nitrogens with one attached hydrogen (secondary N) is 7. The van der Waals surface area contributed by atoms with E-state index in [1.165, 1.54) is 107 Å². The highest BCUT2D eigenvalue weighted by Crippen LogP contribution is 2.43. The number of nitrogens with zero attached hydrogens (tertiary/aromatic N) is 13. The Morgan fingerprint density at radius 3 is 1.25 bits per heavy atom. The Kier molecular flexibility index (Phi) is 31.2. The molecule has 6 aliphatic heterocycles. The average molecular weight is 1760 g/mol. The van der Waals surface area contributed by atoms with Crippen LogP contribution in [0.2, 0.25) is 0 Å². The number of nitro groups is 5. The van der Waals surface area contributed by atoms with Crippen LogP contribution in [0.1, 0.15) is 117 Å². The molecule has 15 rings (SSSR count). The number of carbonyl (C=O) groups is 8. The molecule has 0 bridgehead atoms. The van der Waals surface area contributed by atoms with Gasteiger partial charge in [-0.1, -0.05) is 92.2 Å². The Balaban J connectivity index is 0.000000155. The number of furan rings is 1. The summed E-state index contributed by atoms with van der Waals surface area (Å²) in [6, 6.07) is 49.3. The summed E-state index contributed by atoms with van der Waals surface area (Å²) in [5, 5.41) is 107. The smallest absolute Gasteiger partial charge is 0.317 e. The van der Waals surface area contributed by atoms with Gasteiger partial charge in [0.15, 0.2) is 5.76 Å². The molecule has 44 nitrogen and oxygen atoms in total. The monoisotopic (exact) mass is 1760 g/mol. The summed E-state index contributed by atoms with van der Waals surface area (Å²) >= 11 is 0. The number of urea groups is 1. The van der Waals surface area contributed by atoms with Gasteiger partial charge in [-0.25, -0.2) is 32.2 Å². The summed E-state index contributed by atoms with van der Waals surface area (Å²) < 4.78 is 5.10. The van der Waals surface area contributed by atoms with E-state index < -0.39 is 59.7 Å². The van der Waals surface area contributed by atoms with Crippen LogP contribution in [0.4, 0.5) is 67.4 Å².